The number of carbonyl (C=O) groups is 1. The Hall–Kier alpha value is -2.62. The first-order chi connectivity index (χ1) is 13.7. The van der Waals surface area contributed by atoms with Crippen molar-refractivity contribution in [3.63, 3.8) is 0 Å². The molecule has 1 amide bonds. The summed E-state index contributed by atoms with van der Waals surface area (Å²) in [7, 11) is 0. The van der Waals surface area contributed by atoms with Crippen LogP contribution in [0.15, 0.2) is 48.5 Å². The molecule has 0 N–H and O–H groups in total. The van der Waals surface area contributed by atoms with E-state index in [0.29, 0.717) is 13.0 Å². The number of hydrogen-bond acceptors (Lipinski definition) is 2. The van der Waals surface area contributed by atoms with Gasteiger partial charge in [0.1, 0.15) is 5.82 Å². The fourth-order valence-electron chi connectivity index (χ4n) is 4.22. The highest BCUT2D eigenvalue weighted by atomic mass is 16.2. The summed E-state index contributed by atoms with van der Waals surface area (Å²) in [4.78, 5) is 19.6. The molecule has 4 rings (SSSR count). The van der Waals surface area contributed by atoms with Gasteiger partial charge in [-0.15, -0.1) is 0 Å². The van der Waals surface area contributed by atoms with Crippen molar-refractivity contribution in [2.24, 2.45) is 0 Å². The maximum Gasteiger partial charge on any atom is 0.227 e. The van der Waals surface area contributed by atoms with Gasteiger partial charge in [-0.25, -0.2) is 4.98 Å². The van der Waals surface area contributed by atoms with Crippen LogP contribution in [-0.2, 0) is 17.8 Å². The first-order valence-electron chi connectivity index (χ1n) is 10.6. The number of fused-ring (bicyclic) bond motifs is 1. The summed E-state index contributed by atoms with van der Waals surface area (Å²) in [6, 6.07) is 16.8. The number of amides is 1. The van der Waals surface area contributed by atoms with Crippen LogP contribution in [0.3, 0.4) is 0 Å². The number of rotatable bonds is 7. The quantitative estimate of drug-likeness (QED) is 0.561. The van der Waals surface area contributed by atoms with Crippen LogP contribution in [0.1, 0.15) is 56.8 Å². The zero-order chi connectivity index (χ0) is 19.5. The third-order valence-electron chi connectivity index (χ3n) is 5.69. The van der Waals surface area contributed by atoms with Crippen LogP contribution >= 0.6 is 0 Å². The molecule has 2 aromatic carbocycles. The minimum absolute atomic E-state index is 0.145. The summed E-state index contributed by atoms with van der Waals surface area (Å²) in [5.74, 6) is 1.39. The van der Waals surface area contributed by atoms with Crippen LogP contribution in [0.2, 0.25) is 0 Å². The van der Waals surface area contributed by atoms with Crippen molar-refractivity contribution in [2.75, 3.05) is 11.4 Å². The van der Waals surface area contributed by atoms with Gasteiger partial charge in [0.05, 0.1) is 11.0 Å². The van der Waals surface area contributed by atoms with Crippen molar-refractivity contribution < 1.29 is 4.79 Å². The number of unbranched alkanes of at least 4 members (excludes halogenated alkanes) is 1. The summed E-state index contributed by atoms with van der Waals surface area (Å²) in [5.41, 5.74) is 4.55. The van der Waals surface area contributed by atoms with E-state index in [1.807, 2.05) is 11.0 Å². The van der Waals surface area contributed by atoms with Gasteiger partial charge in [0.25, 0.3) is 0 Å². The number of para-hydroxylation sites is 2. The molecule has 0 radical (unpaired) electrons. The number of anilines is 1. The van der Waals surface area contributed by atoms with E-state index < -0.39 is 0 Å². The van der Waals surface area contributed by atoms with Crippen molar-refractivity contribution in [2.45, 2.75) is 58.4 Å². The Morgan fingerprint density at radius 1 is 1.04 bits per heavy atom. The molecule has 28 heavy (non-hydrogen) atoms. The lowest BCUT2D eigenvalue weighted by molar-refractivity contribution is -0.117. The van der Waals surface area contributed by atoms with Crippen molar-refractivity contribution in [1.82, 2.24) is 9.55 Å². The van der Waals surface area contributed by atoms with Gasteiger partial charge >= 0.3 is 0 Å². The van der Waals surface area contributed by atoms with Crippen molar-refractivity contribution in [3.05, 3.63) is 59.9 Å². The van der Waals surface area contributed by atoms with Crippen molar-refractivity contribution >= 4 is 22.6 Å². The van der Waals surface area contributed by atoms with Crippen LogP contribution in [0.4, 0.5) is 5.69 Å². The molecule has 3 aromatic rings. The number of aromatic nitrogens is 2. The zero-order valence-corrected chi connectivity index (χ0v) is 16.9. The highest BCUT2D eigenvalue weighted by molar-refractivity contribution is 5.96. The van der Waals surface area contributed by atoms with E-state index in [0.717, 1.165) is 36.4 Å². The Labute approximate surface area is 167 Å². The molecule has 4 heteroatoms. The topological polar surface area (TPSA) is 38.1 Å². The minimum atomic E-state index is 0.145. The molecule has 0 spiro atoms. The Morgan fingerprint density at radius 2 is 1.82 bits per heavy atom. The predicted molar refractivity (Wildman–Crippen MR) is 115 cm³/mol. The van der Waals surface area contributed by atoms with Crippen molar-refractivity contribution in [3.8, 4) is 0 Å². The van der Waals surface area contributed by atoms with Crippen LogP contribution in [-0.4, -0.2) is 22.0 Å². The fraction of sp³-hybridized carbons (Fsp3) is 0.417. The molecule has 146 valence electrons. The SMILES string of the molecule is CCCCc1ccc(N2C[C@@H](c3nc4ccccc4n3CCC)CC2=O)cc1. The third-order valence-corrected chi connectivity index (χ3v) is 5.69. The number of benzene rings is 2. The monoisotopic (exact) mass is 375 g/mol. The lowest BCUT2D eigenvalue weighted by Gasteiger charge is -2.18. The standard InChI is InChI=1S/C24H29N3O/c1-3-5-8-18-11-13-20(14-12-18)27-17-19(16-23(27)28)24-25-21-9-6-7-10-22(21)26(24)15-4-2/h6-7,9-14,19H,3-5,8,15-17H2,1-2H3/t19-/m0/s1. The fourth-order valence-corrected chi connectivity index (χ4v) is 4.22. The average molecular weight is 376 g/mol. The number of carbonyl (C=O) groups excluding carboxylic acids is 1. The molecule has 0 bridgehead atoms. The lowest BCUT2D eigenvalue weighted by Crippen LogP contribution is -2.24. The second kappa shape index (κ2) is 8.17. The Bertz CT molecular complexity index is 958. The summed E-state index contributed by atoms with van der Waals surface area (Å²) in [6.07, 6.45) is 5.10. The number of nitrogens with zero attached hydrogens (tertiary/aromatic N) is 3. The third kappa shape index (κ3) is 3.56. The van der Waals surface area contributed by atoms with E-state index in [1.54, 1.807) is 0 Å². The molecular formula is C24H29N3O. The molecule has 1 saturated heterocycles. The highest BCUT2D eigenvalue weighted by Gasteiger charge is 2.34. The molecular weight excluding hydrogens is 346 g/mol. The van der Waals surface area contributed by atoms with Crippen molar-refractivity contribution in [1.29, 1.82) is 0 Å². The summed E-state index contributed by atoms with van der Waals surface area (Å²) in [5, 5.41) is 0. The predicted octanol–water partition coefficient (Wildman–Crippen LogP) is 5.31. The van der Waals surface area contributed by atoms with Gasteiger partial charge < -0.3 is 9.47 Å². The molecule has 4 nitrogen and oxygen atoms in total. The average Bonchev–Trinajstić information content (AvgIpc) is 3.28. The molecule has 0 aliphatic carbocycles. The second-order valence-electron chi connectivity index (χ2n) is 7.79. The van der Waals surface area contributed by atoms with E-state index in [4.69, 9.17) is 4.98 Å². The van der Waals surface area contributed by atoms with E-state index in [2.05, 4.69) is 60.9 Å². The molecule has 2 heterocycles. The first kappa shape index (κ1) is 18.7. The summed E-state index contributed by atoms with van der Waals surface area (Å²) < 4.78 is 2.31. The summed E-state index contributed by atoms with van der Waals surface area (Å²) in [6.45, 7) is 6.04. The largest absolute Gasteiger partial charge is 0.328 e. The first-order valence-corrected chi connectivity index (χ1v) is 10.6. The maximum atomic E-state index is 12.8. The van der Waals surface area contributed by atoms with Gasteiger partial charge in [-0.1, -0.05) is 44.5 Å². The van der Waals surface area contributed by atoms with Crippen LogP contribution in [0, 0.1) is 0 Å². The van der Waals surface area contributed by atoms with Gasteiger partial charge in [0.15, 0.2) is 0 Å². The van der Waals surface area contributed by atoms with Crippen LogP contribution < -0.4 is 4.90 Å². The highest BCUT2D eigenvalue weighted by Crippen LogP contribution is 2.33. The van der Waals surface area contributed by atoms with E-state index >= 15 is 0 Å². The minimum Gasteiger partial charge on any atom is -0.328 e. The van der Waals surface area contributed by atoms with E-state index in [-0.39, 0.29) is 11.8 Å². The van der Waals surface area contributed by atoms with Gasteiger partial charge in [-0.05, 0) is 49.1 Å². The second-order valence-corrected chi connectivity index (χ2v) is 7.79. The zero-order valence-electron chi connectivity index (χ0n) is 16.9. The van der Waals surface area contributed by atoms with Gasteiger partial charge in [0.2, 0.25) is 5.91 Å². The molecule has 1 fully saturated rings. The molecule has 1 atom stereocenters. The van der Waals surface area contributed by atoms with Gasteiger partial charge in [0, 0.05) is 31.1 Å². The van der Waals surface area contributed by atoms with Crippen LogP contribution in [0.25, 0.3) is 11.0 Å². The molecule has 0 unspecified atom stereocenters. The number of aryl methyl sites for hydroxylation is 2. The lowest BCUT2D eigenvalue weighted by atomic mass is 10.1. The Kier molecular flexibility index (Phi) is 5.47. The van der Waals surface area contributed by atoms with Crippen LogP contribution in [0.5, 0.6) is 0 Å². The van der Waals surface area contributed by atoms with E-state index in [9.17, 15) is 4.79 Å². The van der Waals surface area contributed by atoms with Gasteiger partial charge in [-0.3, -0.25) is 4.79 Å². The Balaban J connectivity index is 1.58. The van der Waals surface area contributed by atoms with E-state index in [1.165, 1.54) is 23.9 Å². The normalized spacial score (nSPS) is 17.0. The summed E-state index contributed by atoms with van der Waals surface area (Å²) >= 11 is 0. The number of hydrogen-bond donors (Lipinski definition) is 0. The Morgan fingerprint density at radius 3 is 2.57 bits per heavy atom. The molecule has 1 aliphatic rings. The number of imidazole rings is 1. The smallest absolute Gasteiger partial charge is 0.227 e. The molecule has 1 aromatic heterocycles. The molecule has 1 aliphatic heterocycles. The van der Waals surface area contributed by atoms with Gasteiger partial charge in [-0.2, -0.15) is 0 Å². The molecule has 0 saturated carbocycles. The maximum absolute atomic E-state index is 12.8.